The first-order chi connectivity index (χ1) is 5.36. The van der Waals surface area contributed by atoms with E-state index in [2.05, 4.69) is 10.6 Å². The van der Waals surface area contributed by atoms with Gasteiger partial charge in [0.05, 0.1) is 6.04 Å². The van der Waals surface area contributed by atoms with Gasteiger partial charge in [-0.3, -0.25) is 10.1 Å². The molecule has 5 heteroatoms. The van der Waals surface area contributed by atoms with Crippen LogP contribution in [0.1, 0.15) is 12.8 Å². The maximum atomic E-state index is 11.3. The lowest BCUT2D eigenvalue weighted by molar-refractivity contribution is -0.122. The summed E-state index contributed by atoms with van der Waals surface area (Å²) in [6.07, 6.45) is 2.34. The first-order valence-electron chi connectivity index (χ1n) is 3.98. The number of thioether (sulfide) groups is 1. The Hall–Kier alpha value is 0.0700. The topological polar surface area (TPSA) is 41.1 Å². The quantitative estimate of drug-likeness (QED) is 0.688. The molecule has 1 saturated heterocycles. The lowest BCUT2D eigenvalue weighted by atomic mass is 10.3. The third-order valence-corrected chi connectivity index (χ3v) is 2.90. The zero-order valence-electron chi connectivity index (χ0n) is 6.71. The van der Waals surface area contributed by atoms with E-state index >= 15 is 0 Å². The average molecular weight is 209 g/mol. The number of amides is 1. The Bertz CT molecular complexity index is 169. The Morgan fingerprint density at radius 3 is 2.75 bits per heavy atom. The molecule has 70 valence electrons. The highest BCUT2D eigenvalue weighted by molar-refractivity contribution is 7.99. The van der Waals surface area contributed by atoms with Crippen LogP contribution in [0.4, 0.5) is 0 Å². The molecule has 12 heavy (non-hydrogen) atoms. The van der Waals surface area contributed by atoms with Crippen molar-refractivity contribution < 1.29 is 4.79 Å². The second kappa shape index (κ2) is 4.35. The molecule has 1 heterocycles. The number of nitrogens with one attached hydrogen (secondary N) is 2. The molecule has 1 aliphatic heterocycles. The van der Waals surface area contributed by atoms with Gasteiger partial charge in [-0.2, -0.15) is 0 Å². The fraction of sp³-hybridized carbons (Fsp3) is 0.857. The summed E-state index contributed by atoms with van der Waals surface area (Å²) in [4.78, 5) is 11.3. The number of hydrogen-bond donors (Lipinski definition) is 2. The molecule has 0 bridgehead atoms. The molecule has 0 radical (unpaired) electrons. The molecule has 0 aromatic carbocycles. The minimum atomic E-state index is 0. The largest absolute Gasteiger partial charge is 0.352 e. The van der Waals surface area contributed by atoms with Crippen molar-refractivity contribution in [1.82, 2.24) is 10.6 Å². The maximum absolute atomic E-state index is 11.3. The molecule has 0 spiro atoms. The molecule has 1 saturated carbocycles. The zero-order valence-corrected chi connectivity index (χ0v) is 8.34. The van der Waals surface area contributed by atoms with Gasteiger partial charge in [0.25, 0.3) is 0 Å². The molecular weight excluding hydrogens is 196 g/mol. The van der Waals surface area contributed by atoms with Crippen molar-refractivity contribution >= 4 is 30.1 Å². The number of hydrogen-bond acceptors (Lipinski definition) is 3. The summed E-state index contributed by atoms with van der Waals surface area (Å²) in [7, 11) is 0. The normalized spacial score (nSPS) is 27.8. The van der Waals surface area contributed by atoms with E-state index in [1.807, 2.05) is 0 Å². The highest BCUT2D eigenvalue weighted by Crippen LogP contribution is 2.19. The van der Waals surface area contributed by atoms with E-state index in [1.54, 1.807) is 11.8 Å². The summed E-state index contributed by atoms with van der Waals surface area (Å²) in [5.41, 5.74) is 0. The van der Waals surface area contributed by atoms with Crippen molar-refractivity contribution in [2.75, 3.05) is 11.6 Å². The van der Waals surface area contributed by atoms with Gasteiger partial charge in [0.15, 0.2) is 0 Å². The summed E-state index contributed by atoms with van der Waals surface area (Å²) in [6, 6.07) is 0.565. The number of carbonyl (C=O) groups excluding carboxylic acids is 1. The third-order valence-electron chi connectivity index (χ3n) is 1.96. The zero-order chi connectivity index (χ0) is 7.68. The molecule has 2 aliphatic rings. The van der Waals surface area contributed by atoms with E-state index in [1.165, 1.54) is 12.8 Å². The van der Waals surface area contributed by atoms with Crippen LogP contribution in [0.5, 0.6) is 0 Å². The van der Waals surface area contributed by atoms with Gasteiger partial charge in [0, 0.05) is 17.7 Å². The molecule has 2 fully saturated rings. The van der Waals surface area contributed by atoms with Crippen LogP contribution < -0.4 is 10.6 Å². The van der Waals surface area contributed by atoms with Gasteiger partial charge in [-0.05, 0) is 12.8 Å². The van der Waals surface area contributed by atoms with Crippen LogP contribution in [0, 0.1) is 0 Å². The standard InChI is InChI=1S/C7H12N2OS.ClH/c10-7(9-5-1-2-5)6-3-11-4-8-6;/h5-6,8H,1-4H2,(H,9,10);1H/t6-;/m1./s1. The van der Waals surface area contributed by atoms with Crippen LogP contribution in [0.3, 0.4) is 0 Å². The van der Waals surface area contributed by atoms with Crippen molar-refractivity contribution in [3.63, 3.8) is 0 Å². The van der Waals surface area contributed by atoms with Gasteiger partial charge < -0.3 is 5.32 Å². The first kappa shape index (κ1) is 10.2. The molecule has 0 aromatic heterocycles. The molecule has 1 amide bonds. The van der Waals surface area contributed by atoms with Crippen LogP contribution in [0.2, 0.25) is 0 Å². The van der Waals surface area contributed by atoms with Gasteiger partial charge in [0.2, 0.25) is 5.91 Å². The Balaban J connectivity index is 0.000000720. The molecule has 0 unspecified atom stereocenters. The van der Waals surface area contributed by atoms with E-state index in [-0.39, 0.29) is 24.4 Å². The van der Waals surface area contributed by atoms with Gasteiger partial charge >= 0.3 is 0 Å². The van der Waals surface area contributed by atoms with E-state index in [9.17, 15) is 4.79 Å². The summed E-state index contributed by atoms with van der Waals surface area (Å²) in [6.45, 7) is 0. The number of rotatable bonds is 2. The predicted octanol–water partition coefficient (Wildman–Crippen LogP) is 0.349. The monoisotopic (exact) mass is 208 g/mol. The second-order valence-corrected chi connectivity index (χ2v) is 4.08. The van der Waals surface area contributed by atoms with Crippen molar-refractivity contribution in [1.29, 1.82) is 0 Å². The van der Waals surface area contributed by atoms with E-state index in [4.69, 9.17) is 0 Å². The molecule has 3 nitrogen and oxygen atoms in total. The van der Waals surface area contributed by atoms with Crippen LogP contribution in [0.25, 0.3) is 0 Å². The van der Waals surface area contributed by atoms with Crippen molar-refractivity contribution in [3.05, 3.63) is 0 Å². The third kappa shape index (κ3) is 2.54. The van der Waals surface area contributed by atoms with Gasteiger partial charge in [-0.25, -0.2) is 0 Å². The molecular formula is C7H13ClN2OS. The predicted molar refractivity (Wildman–Crippen MR) is 52.7 cm³/mol. The number of carbonyl (C=O) groups is 1. The van der Waals surface area contributed by atoms with Crippen LogP contribution in [0.15, 0.2) is 0 Å². The number of halogens is 1. The second-order valence-electron chi connectivity index (χ2n) is 3.05. The fourth-order valence-electron chi connectivity index (χ4n) is 1.09. The minimum Gasteiger partial charge on any atom is -0.352 e. The Kier molecular flexibility index (Phi) is 3.68. The van der Waals surface area contributed by atoms with Gasteiger partial charge in [0.1, 0.15) is 0 Å². The maximum Gasteiger partial charge on any atom is 0.238 e. The molecule has 2 N–H and O–H groups in total. The van der Waals surface area contributed by atoms with Crippen molar-refractivity contribution in [2.24, 2.45) is 0 Å². The first-order valence-corrected chi connectivity index (χ1v) is 5.13. The molecule has 1 atom stereocenters. The van der Waals surface area contributed by atoms with Crippen molar-refractivity contribution in [3.8, 4) is 0 Å². The highest BCUT2D eigenvalue weighted by atomic mass is 35.5. The summed E-state index contributed by atoms with van der Waals surface area (Å²) in [5.74, 6) is 2.04. The van der Waals surface area contributed by atoms with Gasteiger partial charge in [-0.1, -0.05) is 0 Å². The lowest BCUT2D eigenvalue weighted by Crippen LogP contribution is -2.42. The van der Waals surface area contributed by atoms with Gasteiger partial charge in [-0.15, -0.1) is 24.2 Å². The van der Waals surface area contributed by atoms with E-state index in [0.717, 1.165) is 11.6 Å². The molecule has 1 aliphatic carbocycles. The molecule has 2 rings (SSSR count). The molecule has 0 aromatic rings. The smallest absolute Gasteiger partial charge is 0.238 e. The SMILES string of the molecule is Cl.O=C(NC1CC1)[C@H]1CSCN1. The van der Waals surface area contributed by atoms with E-state index < -0.39 is 0 Å². The van der Waals surface area contributed by atoms with Crippen LogP contribution >= 0.6 is 24.2 Å². The summed E-state index contributed by atoms with van der Waals surface area (Å²) < 4.78 is 0. The summed E-state index contributed by atoms with van der Waals surface area (Å²) in [5, 5.41) is 6.12. The average Bonchev–Trinajstić information content (AvgIpc) is 2.67. The Morgan fingerprint density at radius 2 is 2.25 bits per heavy atom. The lowest BCUT2D eigenvalue weighted by Gasteiger charge is -2.08. The minimum absolute atomic E-state index is 0. The summed E-state index contributed by atoms with van der Waals surface area (Å²) >= 11 is 1.79. The van der Waals surface area contributed by atoms with Crippen LogP contribution in [-0.4, -0.2) is 29.6 Å². The highest BCUT2D eigenvalue weighted by Gasteiger charge is 2.28. The fourth-order valence-corrected chi connectivity index (χ4v) is 2.03. The Labute approximate surface area is 82.5 Å². The van der Waals surface area contributed by atoms with Crippen LogP contribution in [-0.2, 0) is 4.79 Å². The van der Waals surface area contributed by atoms with Crippen molar-refractivity contribution in [2.45, 2.75) is 24.9 Å². The van der Waals surface area contributed by atoms with E-state index in [0.29, 0.717) is 6.04 Å². The Morgan fingerprint density at radius 1 is 1.50 bits per heavy atom.